The standard InChI is InChI=1S/C19H20F2N6O.HI/c1-22-19(23-10-13-9-14(20)5-8-16(13)21)24-11-17-25-18(27-26-17)12-3-6-15(28-2)7-4-12;/h3-9H,10-11H2,1-2H3,(H2,22,23,24)(H,25,26,27);1H. The van der Waals surface area contributed by atoms with Crippen LogP contribution in [0.25, 0.3) is 11.4 Å². The van der Waals surface area contributed by atoms with Crippen molar-refractivity contribution in [3.05, 3.63) is 65.5 Å². The van der Waals surface area contributed by atoms with Gasteiger partial charge in [0, 0.05) is 24.7 Å². The van der Waals surface area contributed by atoms with Gasteiger partial charge in [0.05, 0.1) is 13.7 Å². The van der Waals surface area contributed by atoms with Crippen molar-refractivity contribution < 1.29 is 13.5 Å². The summed E-state index contributed by atoms with van der Waals surface area (Å²) >= 11 is 0. The summed E-state index contributed by atoms with van der Waals surface area (Å²) < 4.78 is 32.1. The summed E-state index contributed by atoms with van der Waals surface area (Å²) in [5, 5.41) is 13.0. The molecule has 7 nitrogen and oxygen atoms in total. The van der Waals surface area contributed by atoms with Gasteiger partial charge in [-0.25, -0.2) is 13.8 Å². The molecular formula is C19H21F2IN6O. The van der Waals surface area contributed by atoms with E-state index in [0.29, 0.717) is 24.2 Å². The second-order valence-electron chi connectivity index (χ2n) is 5.85. The Morgan fingerprint density at radius 2 is 1.83 bits per heavy atom. The summed E-state index contributed by atoms with van der Waals surface area (Å²) in [4.78, 5) is 8.48. The molecule has 0 amide bonds. The molecule has 0 radical (unpaired) electrons. The highest BCUT2D eigenvalue weighted by atomic mass is 127. The number of ether oxygens (including phenoxy) is 1. The van der Waals surface area contributed by atoms with Crippen molar-refractivity contribution >= 4 is 29.9 Å². The minimum Gasteiger partial charge on any atom is -0.497 e. The third-order valence-electron chi connectivity index (χ3n) is 3.98. The molecule has 0 bridgehead atoms. The van der Waals surface area contributed by atoms with Gasteiger partial charge in [-0.15, -0.1) is 24.0 Å². The van der Waals surface area contributed by atoms with E-state index in [4.69, 9.17) is 4.74 Å². The van der Waals surface area contributed by atoms with Gasteiger partial charge in [0.25, 0.3) is 0 Å². The van der Waals surface area contributed by atoms with E-state index in [1.54, 1.807) is 14.2 Å². The molecule has 0 fully saturated rings. The fraction of sp³-hybridized carbons (Fsp3) is 0.211. The lowest BCUT2D eigenvalue weighted by Gasteiger charge is -2.11. The molecule has 0 saturated heterocycles. The highest BCUT2D eigenvalue weighted by molar-refractivity contribution is 14.0. The van der Waals surface area contributed by atoms with E-state index in [9.17, 15) is 8.78 Å². The second kappa shape index (κ2) is 10.7. The van der Waals surface area contributed by atoms with E-state index in [1.165, 1.54) is 0 Å². The Morgan fingerprint density at radius 3 is 2.52 bits per heavy atom. The van der Waals surface area contributed by atoms with E-state index in [2.05, 4.69) is 30.8 Å². The van der Waals surface area contributed by atoms with Gasteiger partial charge >= 0.3 is 0 Å². The number of hydrogen-bond acceptors (Lipinski definition) is 4. The monoisotopic (exact) mass is 514 g/mol. The number of aliphatic imine (C=N–C) groups is 1. The molecule has 0 spiro atoms. The molecule has 29 heavy (non-hydrogen) atoms. The molecule has 10 heteroatoms. The maximum absolute atomic E-state index is 13.7. The number of hydrogen-bond donors (Lipinski definition) is 3. The number of halogens is 3. The van der Waals surface area contributed by atoms with E-state index in [1.807, 2.05) is 24.3 Å². The zero-order valence-electron chi connectivity index (χ0n) is 15.9. The van der Waals surface area contributed by atoms with Crippen molar-refractivity contribution in [1.82, 2.24) is 25.8 Å². The molecule has 3 N–H and O–H groups in total. The molecule has 1 aromatic heterocycles. The largest absolute Gasteiger partial charge is 0.497 e. The van der Waals surface area contributed by atoms with Crippen LogP contribution in [0.1, 0.15) is 11.4 Å². The normalized spacial score (nSPS) is 11.0. The average molecular weight is 514 g/mol. The van der Waals surface area contributed by atoms with E-state index < -0.39 is 11.6 Å². The van der Waals surface area contributed by atoms with Crippen LogP contribution in [-0.2, 0) is 13.1 Å². The van der Waals surface area contributed by atoms with E-state index >= 15 is 0 Å². The van der Waals surface area contributed by atoms with Crippen LogP contribution in [0.3, 0.4) is 0 Å². The molecule has 3 rings (SSSR count). The molecule has 3 aromatic rings. The van der Waals surface area contributed by atoms with Crippen molar-refractivity contribution in [2.75, 3.05) is 14.2 Å². The fourth-order valence-electron chi connectivity index (χ4n) is 2.49. The van der Waals surface area contributed by atoms with Gasteiger partial charge < -0.3 is 15.4 Å². The number of H-pyrrole nitrogens is 1. The van der Waals surface area contributed by atoms with Gasteiger partial charge in [-0.1, -0.05) is 0 Å². The van der Waals surface area contributed by atoms with Crippen LogP contribution in [0.2, 0.25) is 0 Å². The molecule has 0 aliphatic carbocycles. The van der Waals surface area contributed by atoms with Gasteiger partial charge in [0.15, 0.2) is 11.8 Å². The summed E-state index contributed by atoms with van der Waals surface area (Å²) in [6, 6.07) is 10.7. The molecule has 154 valence electrons. The van der Waals surface area contributed by atoms with Crippen molar-refractivity contribution in [1.29, 1.82) is 0 Å². The van der Waals surface area contributed by atoms with E-state index in [0.717, 1.165) is 29.5 Å². The first kappa shape index (κ1) is 22.5. The zero-order chi connectivity index (χ0) is 19.9. The predicted molar refractivity (Wildman–Crippen MR) is 117 cm³/mol. The minimum atomic E-state index is -0.492. The third-order valence-corrected chi connectivity index (χ3v) is 3.98. The van der Waals surface area contributed by atoms with Crippen molar-refractivity contribution in [2.24, 2.45) is 4.99 Å². The average Bonchev–Trinajstić information content (AvgIpc) is 3.19. The van der Waals surface area contributed by atoms with Crippen LogP contribution >= 0.6 is 24.0 Å². The Labute approximate surface area is 184 Å². The molecule has 0 saturated carbocycles. The molecule has 0 aliphatic rings. The van der Waals surface area contributed by atoms with Crippen LogP contribution in [-0.4, -0.2) is 35.3 Å². The van der Waals surface area contributed by atoms with Gasteiger partial charge in [-0.05, 0) is 42.5 Å². The maximum Gasteiger partial charge on any atom is 0.191 e. The predicted octanol–water partition coefficient (Wildman–Crippen LogP) is 3.24. The number of benzene rings is 2. The smallest absolute Gasteiger partial charge is 0.191 e. The van der Waals surface area contributed by atoms with Crippen molar-refractivity contribution in [3.63, 3.8) is 0 Å². The lowest BCUT2D eigenvalue weighted by molar-refractivity contribution is 0.415. The van der Waals surface area contributed by atoms with Crippen LogP contribution in [0.4, 0.5) is 8.78 Å². The van der Waals surface area contributed by atoms with Crippen molar-refractivity contribution in [2.45, 2.75) is 13.1 Å². The first-order chi connectivity index (χ1) is 13.6. The highest BCUT2D eigenvalue weighted by Crippen LogP contribution is 2.18. The number of methoxy groups -OCH3 is 1. The maximum atomic E-state index is 13.7. The molecule has 0 aliphatic heterocycles. The highest BCUT2D eigenvalue weighted by Gasteiger charge is 2.08. The Hall–Kier alpha value is -2.76. The molecule has 0 atom stereocenters. The lowest BCUT2D eigenvalue weighted by atomic mass is 10.2. The van der Waals surface area contributed by atoms with Crippen molar-refractivity contribution in [3.8, 4) is 17.1 Å². The number of rotatable bonds is 6. The summed E-state index contributed by atoms with van der Waals surface area (Å²) in [5.74, 6) is 1.37. The minimum absolute atomic E-state index is 0. The Morgan fingerprint density at radius 1 is 1.10 bits per heavy atom. The van der Waals surface area contributed by atoms with Crippen LogP contribution in [0.5, 0.6) is 5.75 Å². The first-order valence-electron chi connectivity index (χ1n) is 8.53. The summed E-state index contributed by atoms with van der Waals surface area (Å²) in [6.07, 6.45) is 0. The quantitative estimate of drug-likeness (QED) is 0.267. The Bertz CT molecular complexity index is 962. The Kier molecular flexibility index (Phi) is 8.31. The third kappa shape index (κ3) is 6.11. The molecule has 1 heterocycles. The summed E-state index contributed by atoms with van der Waals surface area (Å²) in [6.45, 7) is 0.422. The summed E-state index contributed by atoms with van der Waals surface area (Å²) in [7, 11) is 3.19. The fourth-order valence-corrected chi connectivity index (χ4v) is 2.49. The lowest BCUT2D eigenvalue weighted by Crippen LogP contribution is -2.36. The number of guanidine groups is 1. The van der Waals surface area contributed by atoms with Crippen LogP contribution in [0, 0.1) is 11.6 Å². The van der Waals surface area contributed by atoms with Gasteiger partial charge in [-0.3, -0.25) is 10.1 Å². The number of aromatic nitrogens is 3. The summed E-state index contributed by atoms with van der Waals surface area (Å²) in [5.41, 5.74) is 1.07. The van der Waals surface area contributed by atoms with Crippen LogP contribution < -0.4 is 15.4 Å². The number of aromatic amines is 1. The van der Waals surface area contributed by atoms with Gasteiger partial charge in [-0.2, -0.15) is 5.10 Å². The zero-order valence-corrected chi connectivity index (χ0v) is 18.2. The van der Waals surface area contributed by atoms with E-state index in [-0.39, 0.29) is 36.1 Å². The molecule has 0 unspecified atom stereocenters. The topological polar surface area (TPSA) is 87.2 Å². The first-order valence-corrected chi connectivity index (χ1v) is 8.53. The van der Waals surface area contributed by atoms with Gasteiger partial charge in [0.2, 0.25) is 0 Å². The number of nitrogens with one attached hydrogen (secondary N) is 3. The molecule has 2 aromatic carbocycles. The van der Waals surface area contributed by atoms with Crippen LogP contribution in [0.15, 0.2) is 47.5 Å². The number of nitrogens with zero attached hydrogens (tertiary/aromatic N) is 3. The Balaban J connectivity index is 0.00000300. The van der Waals surface area contributed by atoms with Gasteiger partial charge in [0.1, 0.15) is 23.2 Å². The SMILES string of the molecule is CN=C(NCc1nc(-c2ccc(OC)cc2)n[nH]1)NCc1cc(F)ccc1F.I. The molecular weight excluding hydrogens is 493 g/mol. The second-order valence-corrected chi connectivity index (χ2v) is 5.85.